The minimum Gasteiger partial charge on any atom is -0.506 e. The van der Waals surface area contributed by atoms with E-state index in [1.165, 1.54) is 11.3 Å². The fourth-order valence-electron chi connectivity index (χ4n) is 1.40. The van der Waals surface area contributed by atoms with E-state index < -0.39 is 0 Å². The van der Waals surface area contributed by atoms with Crippen LogP contribution in [0.15, 0.2) is 12.1 Å². The van der Waals surface area contributed by atoms with E-state index in [0.29, 0.717) is 22.5 Å². The fraction of sp³-hybridized carbons (Fsp3) is 0.273. The summed E-state index contributed by atoms with van der Waals surface area (Å²) in [7, 11) is 0. The Kier molecular flexibility index (Phi) is 2.44. The number of hydrogen-bond donors (Lipinski definition) is 1. The molecular formula is C11H11NO2S. The zero-order valence-electron chi connectivity index (χ0n) is 8.52. The van der Waals surface area contributed by atoms with Gasteiger partial charge >= 0.3 is 0 Å². The first-order valence-corrected chi connectivity index (χ1v) is 5.52. The smallest absolute Gasteiger partial charge is 0.163 e. The van der Waals surface area contributed by atoms with Crippen LogP contribution in [0.5, 0.6) is 5.75 Å². The number of aromatic hydroxyl groups is 1. The number of fused-ring (bicyclic) bond motifs is 1. The van der Waals surface area contributed by atoms with Gasteiger partial charge < -0.3 is 5.11 Å². The summed E-state index contributed by atoms with van der Waals surface area (Å²) in [5.41, 5.74) is 0.973. The highest BCUT2D eigenvalue weighted by Gasteiger charge is 2.12. The molecule has 0 spiro atoms. The normalized spacial score (nSPS) is 11.1. The summed E-state index contributed by atoms with van der Waals surface area (Å²) in [5, 5.41) is 10.3. The number of carbonyl (C=O) groups excluding carboxylic acids is 1. The number of aldehydes is 1. The first-order chi connectivity index (χ1) is 7.13. The number of pyridine rings is 1. The predicted octanol–water partition coefficient (Wildman–Crippen LogP) is 2.94. The van der Waals surface area contributed by atoms with Gasteiger partial charge in [-0.2, -0.15) is 0 Å². The molecule has 3 nitrogen and oxygen atoms in total. The second-order valence-corrected chi connectivity index (χ2v) is 4.71. The van der Waals surface area contributed by atoms with Crippen molar-refractivity contribution in [3.63, 3.8) is 0 Å². The summed E-state index contributed by atoms with van der Waals surface area (Å²) in [6.07, 6.45) is 0.663. The predicted molar refractivity (Wildman–Crippen MR) is 60.8 cm³/mol. The van der Waals surface area contributed by atoms with Crippen LogP contribution in [-0.2, 0) is 0 Å². The maximum Gasteiger partial charge on any atom is 0.163 e. The highest BCUT2D eigenvalue weighted by atomic mass is 32.1. The van der Waals surface area contributed by atoms with Gasteiger partial charge in [-0.25, -0.2) is 4.98 Å². The lowest BCUT2D eigenvalue weighted by atomic mass is 10.1. The molecule has 0 saturated carbocycles. The summed E-state index contributed by atoms with van der Waals surface area (Å²) in [6, 6.07) is 3.70. The van der Waals surface area contributed by atoms with Crippen molar-refractivity contribution in [3.05, 3.63) is 22.7 Å². The van der Waals surface area contributed by atoms with E-state index in [4.69, 9.17) is 0 Å². The summed E-state index contributed by atoms with van der Waals surface area (Å²) in [4.78, 5) is 16.1. The third-order valence-electron chi connectivity index (χ3n) is 2.28. The van der Waals surface area contributed by atoms with Crippen molar-refractivity contribution >= 4 is 27.8 Å². The molecule has 15 heavy (non-hydrogen) atoms. The molecule has 0 aliphatic carbocycles. The van der Waals surface area contributed by atoms with Crippen molar-refractivity contribution in [2.24, 2.45) is 0 Å². The molecule has 0 aliphatic rings. The summed E-state index contributed by atoms with van der Waals surface area (Å²) >= 11 is 1.23. The molecule has 0 radical (unpaired) electrons. The Bertz CT molecular complexity index is 517. The van der Waals surface area contributed by atoms with Crippen LogP contribution in [0, 0.1) is 0 Å². The van der Waals surface area contributed by atoms with Gasteiger partial charge in [0.1, 0.15) is 15.5 Å². The zero-order chi connectivity index (χ0) is 11.0. The molecule has 0 atom stereocenters. The van der Waals surface area contributed by atoms with Crippen LogP contribution in [0.25, 0.3) is 10.2 Å². The van der Waals surface area contributed by atoms with Crippen LogP contribution in [-0.4, -0.2) is 16.4 Å². The van der Waals surface area contributed by atoms with Gasteiger partial charge in [0.05, 0.1) is 5.39 Å². The molecule has 0 fully saturated rings. The molecule has 0 aromatic carbocycles. The van der Waals surface area contributed by atoms with E-state index in [1.807, 2.05) is 12.1 Å². The summed E-state index contributed by atoms with van der Waals surface area (Å²) in [5.74, 6) is 0.395. The standard InChI is InChI=1S/C11H11NO2S/c1-6(2)8-4-3-7-10(14)9(5-13)15-11(7)12-8/h3-6,14H,1-2H3. The number of carbonyl (C=O) groups is 1. The minimum absolute atomic E-state index is 0.0489. The Balaban J connectivity index is 2.68. The van der Waals surface area contributed by atoms with Crippen molar-refractivity contribution in [2.75, 3.05) is 0 Å². The van der Waals surface area contributed by atoms with E-state index in [-0.39, 0.29) is 5.75 Å². The molecule has 2 heterocycles. The van der Waals surface area contributed by atoms with Gasteiger partial charge in [-0.15, -0.1) is 11.3 Å². The Morgan fingerprint density at radius 2 is 2.20 bits per heavy atom. The molecular weight excluding hydrogens is 210 g/mol. The second-order valence-electron chi connectivity index (χ2n) is 3.68. The average Bonchev–Trinajstić information content (AvgIpc) is 2.55. The maximum absolute atomic E-state index is 10.6. The molecule has 0 unspecified atom stereocenters. The van der Waals surface area contributed by atoms with Crippen molar-refractivity contribution in [1.82, 2.24) is 4.98 Å². The van der Waals surface area contributed by atoms with Crippen molar-refractivity contribution in [2.45, 2.75) is 19.8 Å². The summed E-state index contributed by atoms with van der Waals surface area (Å²) in [6.45, 7) is 4.12. The quantitative estimate of drug-likeness (QED) is 0.793. The first kappa shape index (κ1) is 10.1. The number of nitrogens with zero attached hydrogens (tertiary/aromatic N) is 1. The Labute approximate surface area is 91.4 Å². The molecule has 0 bridgehead atoms. The van der Waals surface area contributed by atoms with Crippen LogP contribution in [0.2, 0.25) is 0 Å². The highest BCUT2D eigenvalue weighted by Crippen LogP contribution is 2.35. The lowest BCUT2D eigenvalue weighted by Crippen LogP contribution is -1.90. The first-order valence-electron chi connectivity index (χ1n) is 4.71. The molecule has 0 amide bonds. The number of aromatic nitrogens is 1. The number of hydrogen-bond acceptors (Lipinski definition) is 4. The van der Waals surface area contributed by atoms with E-state index in [0.717, 1.165) is 10.5 Å². The maximum atomic E-state index is 10.6. The van der Waals surface area contributed by atoms with Gasteiger partial charge in [0.15, 0.2) is 6.29 Å². The van der Waals surface area contributed by atoms with Gasteiger partial charge in [-0.05, 0) is 18.1 Å². The van der Waals surface area contributed by atoms with Crippen molar-refractivity contribution in [3.8, 4) is 5.75 Å². The third-order valence-corrected chi connectivity index (χ3v) is 3.29. The van der Waals surface area contributed by atoms with Crippen LogP contribution in [0.4, 0.5) is 0 Å². The highest BCUT2D eigenvalue weighted by molar-refractivity contribution is 7.20. The topological polar surface area (TPSA) is 50.2 Å². The lowest BCUT2D eigenvalue weighted by molar-refractivity contribution is 0.112. The van der Waals surface area contributed by atoms with Gasteiger partial charge in [-0.1, -0.05) is 13.8 Å². The Morgan fingerprint density at radius 1 is 1.47 bits per heavy atom. The largest absolute Gasteiger partial charge is 0.506 e. The fourth-order valence-corrected chi connectivity index (χ4v) is 2.29. The van der Waals surface area contributed by atoms with Crippen LogP contribution < -0.4 is 0 Å². The summed E-state index contributed by atoms with van der Waals surface area (Å²) < 4.78 is 0. The van der Waals surface area contributed by atoms with Gasteiger partial charge in [-0.3, -0.25) is 4.79 Å². The third kappa shape index (κ3) is 1.61. The monoisotopic (exact) mass is 221 g/mol. The van der Waals surface area contributed by atoms with Crippen LogP contribution in [0.1, 0.15) is 35.1 Å². The lowest BCUT2D eigenvalue weighted by Gasteiger charge is -2.02. The average molecular weight is 221 g/mol. The van der Waals surface area contributed by atoms with Gasteiger partial charge in [0, 0.05) is 5.69 Å². The SMILES string of the molecule is CC(C)c1ccc2c(O)c(C=O)sc2n1. The van der Waals surface area contributed by atoms with E-state index in [1.54, 1.807) is 0 Å². The molecule has 2 rings (SSSR count). The molecule has 2 aromatic heterocycles. The van der Waals surface area contributed by atoms with E-state index in [9.17, 15) is 9.90 Å². The van der Waals surface area contributed by atoms with Crippen molar-refractivity contribution in [1.29, 1.82) is 0 Å². The Morgan fingerprint density at radius 3 is 2.80 bits per heavy atom. The molecule has 4 heteroatoms. The van der Waals surface area contributed by atoms with Gasteiger partial charge in [0.2, 0.25) is 0 Å². The number of rotatable bonds is 2. The van der Waals surface area contributed by atoms with Gasteiger partial charge in [0.25, 0.3) is 0 Å². The zero-order valence-corrected chi connectivity index (χ0v) is 9.34. The molecule has 0 aliphatic heterocycles. The van der Waals surface area contributed by atoms with E-state index in [2.05, 4.69) is 18.8 Å². The molecule has 0 saturated heterocycles. The molecule has 2 aromatic rings. The van der Waals surface area contributed by atoms with E-state index >= 15 is 0 Å². The Hall–Kier alpha value is -1.42. The minimum atomic E-state index is 0.0489. The van der Waals surface area contributed by atoms with Crippen LogP contribution >= 0.6 is 11.3 Å². The number of thiophene rings is 1. The second kappa shape index (κ2) is 3.62. The van der Waals surface area contributed by atoms with Crippen molar-refractivity contribution < 1.29 is 9.90 Å². The molecule has 78 valence electrons. The molecule has 1 N–H and O–H groups in total. The van der Waals surface area contributed by atoms with Crippen LogP contribution in [0.3, 0.4) is 0 Å².